The lowest BCUT2D eigenvalue weighted by Crippen LogP contribution is -2.57. The summed E-state index contributed by atoms with van der Waals surface area (Å²) in [5.74, 6) is -0.232. The van der Waals surface area contributed by atoms with Crippen LogP contribution in [-0.2, 0) is 9.53 Å². The molecule has 1 spiro atoms. The molecule has 1 amide bonds. The summed E-state index contributed by atoms with van der Waals surface area (Å²) >= 11 is 3.44. The predicted molar refractivity (Wildman–Crippen MR) is 109 cm³/mol. The van der Waals surface area contributed by atoms with E-state index in [1.54, 1.807) is 29.4 Å². The number of ether oxygens (including phenoxy) is 1. The fourth-order valence-electron chi connectivity index (χ4n) is 4.16. The number of hydrogen-bond acceptors (Lipinski definition) is 6. The number of carbonyl (C=O) groups is 2. The van der Waals surface area contributed by atoms with Crippen LogP contribution in [0, 0.1) is 5.41 Å². The van der Waals surface area contributed by atoms with Gasteiger partial charge in [-0.3, -0.25) is 9.59 Å². The summed E-state index contributed by atoms with van der Waals surface area (Å²) in [6, 6.07) is 5.38. The SMILES string of the molecule is CC1(C)CC2(C=C(N)C1=O)CN(C(=O)c1ccc(Br)cc1-n1nccn1)CCO2. The summed E-state index contributed by atoms with van der Waals surface area (Å²) < 4.78 is 6.88. The molecule has 1 aliphatic carbocycles. The lowest BCUT2D eigenvalue weighted by Gasteiger charge is -2.46. The van der Waals surface area contributed by atoms with Gasteiger partial charge in [-0.2, -0.15) is 15.0 Å². The van der Waals surface area contributed by atoms with Crippen molar-refractivity contribution in [1.29, 1.82) is 0 Å². The van der Waals surface area contributed by atoms with E-state index < -0.39 is 11.0 Å². The highest BCUT2D eigenvalue weighted by Gasteiger charge is 2.48. The minimum Gasteiger partial charge on any atom is -0.396 e. The van der Waals surface area contributed by atoms with Gasteiger partial charge >= 0.3 is 0 Å². The van der Waals surface area contributed by atoms with Gasteiger partial charge in [-0.1, -0.05) is 29.8 Å². The molecule has 1 aromatic heterocycles. The third-order valence-electron chi connectivity index (χ3n) is 5.36. The van der Waals surface area contributed by atoms with Gasteiger partial charge in [-0.25, -0.2) is 0 Å². The van der Waals surface area contributed by atoms with Crippen molar-refractivity contribution in [1.82, 2.24) is 19.9 Å². The molecule has 1 atom stereocenters. The van der Waals surface area contributed by atoms with Crippen LogP contribution in [0.25, 0.3) is 5.69 Å². The standard InChI is InChI=1S/C20H22BrN5O3/c1-19(2)11-20(10-15(22)17(19)27)12-25(7-8-29-20)18(28)14-4-3-13(21)9-16(14)26-23-5-6-24-26/h3-6,9-10H,7-8,11-12,22H2,1-2H3. The van der Waals surface area contributed by atoms with Crippen molar-refractivity contribution < 1.29 is 14.3 Å². The van der Waals surface area contributed by atoms with Gasteiger partial charge in [0.2, 0.25) is 0 Å². The Morgan fingerprint density at radius 3 is 2.69 bits per heavy atom. The molecule has 4 rings (SSSR count). The molecule has 0 saturated carbocycles. The van der Waals surface area contributed by atoms with Crippen LogP contribution in [0.4, 0.5) is 0 Å². The predicted octanol–water partition coefficient (Wildman–Crippen LogP) is 2.08. The Balaban J connectivity index is 1.67. The fourth-order valence-corrected chi connectivity index (χ4v) is 4.50. The number of Topliss-reactive ketones (excluding diaryl/α,β-unsaturated/α-hetero) is 1. The van der Waals surface area contributed by atoms with Crippen LogP contribution in [0.1, 0.15) is 30.6 Å². The quantitative estimate of drug-likeness (QED) is 0.736. The zero-order chi connectivity index (χ0) is 20.8. The zero-order valence-corrected chi connectivity index (χ0v) is 17.8. The maximum atomic E-state index is 13.4. The Bertz CT molecular complexity index is 1000. The van der Waals surface area contributed by atoms with E-state index in [0.29, 0.717) is 37.4 Å². The van der Waals surface area contributed by atoms with Gasteiger partial charge in [0.15, 0.2) is 5.78 Å². The number of benzene rings is 1. The third-order valence-corrected chi connectivity index (χ3v) is 5.85. The maximum absolute atomic E-state index is 13.4. The number of aromatic nitrogens is 3. The number of allylic oxidation sites excluding steroid dienone is 1. The number of morpholine rings is 1. The number of nitrogens with zero attached hydrogens (tertiary/aromatic N) is 4. The molecule has 2 aromatic rings. The molecular formula is C20H22BrN5O3. The summed E-state index contributed by atoms with van der Waals surface area (Å²) in [4.78, 5) is 29.0. The van der Waals surface area contributed by atoms with E-state index in [2.05, 4.69) is 26.1 Å². The minimum atomic E-state index is -0.769. The first kappa shape index (κ1) is 19.8. The molecule has 0 bridgehead atoms. The first-order valence-corrected chi connectivity index (χ1v) is 10.1. The van der Waals surface area contributed by atoms with Gasteiger partial charge in [-0.15, -0.1) is 0 Å². The molecule has 2 N–H and O–H groups in total. The molecule has 29 heavy (non-hydrogen) atoms. The maximum Gasteiger partial charge on any atom is 0.256 e. The highest BCUT2D eigenvalue weighted by molar-refractivity contribution is 9.10. The number of rotatable bonds is 2. The van der Waals surface area contributed by atoms with Gasteiger partial charge in [0.05, 0.1) is 42.5 Å². The summed E-state index contributed by atoms with van der Waals surface area (Å²) in [7, 11) is 0. The van der Waals surface area contributed by atoms with E-state index in [4.69, 9.17) is 10.5 Å². The van der Waals surface area contributed by atoms with Crippen molar-refractivity contribution in [3.63, 3.8) is 0 Å². The van der Waals surface area contributed by atoms with Gasteiger partial charge in [0.1, 0.15) is 5.60 Å². The lowest BCUT2D eigenvalue weighted by molar-refractivity contribution is -0.135. The van der Waals surface area contributed by atoms with E-state index in [-0.39, 0.29) is 17.4 Å². The average molecular weight is 460 g/mol. The van der Waals surface area contributed by atoms with E-state index in [1.807, 2.05) is 26.0 Å². The molecular weight excluding hydrogens is 438 g/mol. The fraction of sp³-hybridized carbons (Fsp3) is 0.400. The second-order valence-corrected chi connectivity index (χ2v) is 9.03. The molecule has 1 unspecified atom stereocenters. The molecule has 152 valence electrons. The van der Waals surface area contributed by atoms with Crippen LogP contribution in [0.3, 0.4) is 0 Å². The monoisotopic (exact) mass is 459 g/mol. The van der Waals surface area contributed by atoms with Crippen LogP contribution >= 0.6 is 15.9 Å². The zero-order valence-electron chi connectivity index (χ0n) is 16.3. The highest BCUT2D eigenvalue weighted by atomic mass is 79.9. The van der Waals surface area contributed by atoms with Crippen molar-refractivity contribution in [2.45, 2.75) is 25.9 Å². The van der Waals surface area contributed by atoms with E-state index in [1.165, 1.54) is 4.80 Å². The molecule has 9 heteroatoms. The number of amides is 1. The van der Waals surface area contributed by atoms with E-state index >= 15 is 0 Å². The summed E-state index contributed by atoms with van der Waals surface area (Å²) in [6.07, 6.45) is 5.27. The van der Waals surface area contributed by atoms with Gasteiger partial charge in [0, 0.05) is 16.4 Å². The smallest absolute Gasteiger partial charge is 0.256 e. The van der Waals surface area contributed by atoms with Gasteiger partial charge < -0.3 is 15.4 Å². The lowest BCUT2D eigenvalue weighted by atomic mass is 9.71. The van der Waals surface area contributed by atoms with Gasteiger partial charge in [0.25, 0.3) is 5.91 Å². The molecule has 1 fully saturated rings. The van der Waals surface area contributed by atoms with Crippen LogP contribution in [0.2, 0.25) is 0 Å². The molecule has 1 saturated heterocycles. The van der Waals surface area contributed by atoms with Crippen LogP contribution in [0.15, 0.2) is 46.8 Å². The normalized spacial score (nSPS) is 23.9. The van der Waals surface area contributed by atoms with Gasteiger partial charge in [-0.05, 0) is 30.7 Å². The first-order chi connectivity index (χ1) is 13.7. The second kappa shape index (κ2) is 7.07. The molecule has 1 aromatic carbocycles. The van der Waals surface area contributed by atoms with Crippen molar-refractivity contribution in [2.75, 3.05) is 19.7 Å². The van der Waals surface area contributed by atoms with Crippen molar-refractivity contribution in [3.8, 4) is 5.69 Å². The number of nitrogens with two attached hydrogens (primary N) is 1. The third kappa shape index (κ3) is 3.60. The average Bonchev–Trinajstić information content (AvgIpc) is 3.20. The Hall–Kier alpha value is -2.52. The van der Waals surface area contributed by atoms with Crippen molar-refractivity contribution >= 4 is 27.6 Å². The molecule has 1 aliphatic heterocycles. The van der Waals surface area contributed by atoms with E-state index in [0.717, 1.165) is 4.47 Å². The van der Waals surface area contributed by atoms with Crippen molar-refractivity contribution in [3.05, 3.63) is 52.4 Å². The molecule has 0 radical (unpaired) electrons. The Labute approximate surface area is 176 Å². The largest absolute Gasteiger partial charge is 0.396 e. The number of halogens is 1. The summed E-state index contributed by atoms with van der Waals surface area (Å²) in [5.41, 5.74) is 5.86. The number of carbonyl (C=O) groups excluding carboxylic acids is 2. The second-order valence-electron chi connectivity index (χ2n) is 8.11. The minimum absolute atomic E-state index is 0.0878. The van der Waals surface area contributed by atoms with Crippen LogP contribution in [0.5, 0.6) is 0 Å². The van der Waals surface area contributed by atoms with E-state index in [9.17, 15) is 9.59 Å². The Morgan fingerprint density at radius 2 is 2.00 bits per heavy atom. The van der Waals surface area contributed by atoms with Crippen LogP contribution in [-0.4, -0.2) is 56.9 Å². The highest BCUT2D eigenvalue weighted by Crippen LogP contribution is 2.40. The summed E-state index contributed by atoms with van der Waals surface area (Å²) in [5, 5.41) is 8.32. The van der Waals surface area contributed by atoms with Crippen LogP contribution < -0.4 is 5.73 Å². The Morgan fingerprint density at radius 1 is 1.28 bits per heavy atom. The molecule has 2 aliphatic rings. The number of ketones is 1. The summed E-state index contributed by atoms with van der Waals surface area (Å²) in [6.45, 7) is 4.86. The Kier molecular flexibility index (Phi) is 4.82. The first-order valence-electron chi connectivity index (χ1n) is 9.33. The van der Waals surface area contributed by atoms with Crippen molar-refractivity contribution in [2.24, 2.45) is 11.1 Å². The number of hydrogen-bond donors (Lipinski definition) is 1. The molecule has 8 nitrogen and oxygen atoms in total. The topological polar surface area (TPSA) is 103 Å². The molecule has 2 heterocycles.